The molecule has 1 aromatic carbocycles. The second-order valence-corrected chi connectivity index (χ2v) is 30.8. The lowest BCUT2D eigenvalue weighted by molar-refractivity contribution is 0.465. The van der Waals surface area contributed by atoms with Crippen LogP contribution in [0.25, 0.3) is 0 Å². The van der Waals surface area contributed by atoms with Crippen molar-refractivity contribution in [2.75, 3.05) is 50.8 Å². The molecule has 1 aliphatic heterocycles. The van der Waals surface area contributed by atoms with E-state index in [1.165, 1.54) is 12.9 Å². The Morgan fingerprint density at radius 3 is 1.14 bits per heavy atom. The third kappa shape index (κ3) is 13.2. The maximum Gasteiger partial charge on any atom is 0.243 e. The molecule has 1 heterocycles. The van der Waals surface area contributed by atoms with Gasteiger partial charge in [0.2, 0.25) is 30.1 Å². The fraction of sp³-hybridized carbons (Fsp3) is 0.586. The van der Waals surface area contributed by atoms with Gasteiger partial charge >= 0.3 is 0 Å². The normalized spacial score (nSPS) is 20.6. The van der Waals surface area contributed by atoms with Gasteiger partial charge in [-0.15, -0.1) is 0 Å². The lowest BCUT2D eigenvalue weighted by Crippen LogP contribution is -2.37. The third-order valence-electron chi connectivity index (χ3n) is 7.02. The van der Waals surface area contributed by atoms with Crippen LogP contribution in [-0.4, -0.2) is 105 Å². The minimum Gasteiger partial charge on any atom is -0.212 e. The van der Waals surface area contributed by atoms with Gasteiger partial charge in [0.15, 0.2) is 0 Å². The van der Waals surface area contributed by atoms with Crippen LogP contribution in [-0.2, 0) is 30.1 Å². The lowest BCUT2D eigenvalue weighted by atomic mass is 10.2. The van der Waals surface area contributed by atoms with Gasteiger partial charge in [0.05, 0.1) is 16.4 Å². The Morgan fingerprint density at radius 1 is 0.535 bits per heavy atom. The van der Waals surface area contributed by atoms with Crippen molar-refractivity contribution in [2.45, 2.75) is 63.2 Å². The van der Waals surface area contributed by atoms with E-state index in [9.17, 15) is 25.3 Å². The molecule has 9 nitrogen and oxygen atoms in total. The van der Waals surface area contributed by atoms with Crippen molar-refractivity contribution >= 4 is 46.2 Å². The monoisotopic (exact) mass is 689 g/mol. The molecule has 0 saturated heterocycles. The summed E-state index contributed by atoms with van der Waals surface area (Å²) in [5, 5.41) is 0. The molecule has 1 aliphatic rings. The van der Waals surface area contributed by atoms with Gasteiger partial charge in [-0.2, -0.15) is 12.9 Å². The highest BCUT2D eigenvalue weighted by Crippen LogP contribution is 2.18. The summed E-state index contributed by atoms with van der Waals surface area (Å²) < 4.78 is 84.4. The van der Waals surface area contributed by atoms with Gasteiger partial charge < -0.3 is 0 Å². The molecule has 0 radical (unpaired) electrons. The highest BCUT2D eigenvalue weighted by atomic mass is 32.2. The van der Waals surface area contributed by atoms with Crippen LogP contribution in [0.2, 0.25) is 51.4 Å². The first-order chi connectivity index (χ1) is 19.7. The molecule has 1 aromatic rings. The number of nitrogens with zero attached hydrogens (tertiary/aromatic N) is 3. The van der Waals surface area contributed by atoms with Crippen LogP contribution < -0.4 is 0 Å². The van der Waals surface area contributed by atoms with Gasteiger partial charge in [-0.1, -0.05) is 93.4 Å². The summed E-state index contributed by atoms with van der Waals surface area (Å²) in [6.45, 7) is 15.1. The highest BCUT2D eigenvalue weighted by molar-refractivity contribution is 7.89. The first-order valence-corrected chi connectivity index (χ1v) is 26.8. The van der Waals surface area contributed by atoms with E-state index in [1.807, 2.05) is 6.92 Å². The van der Waals surface area contributed by atoms with Gasteiger partial charge in [-0.05, 0) is 31.1 Å². The molecule has 43 heavy (non-hydrogen) atoms. The first kappa shape index (κ1) is 37.8. The predicted molar refractivity (Wildman–Crippen MR) is 184 cm³/mol. The topological polar surface area (TPSA) is 112 Å². The molecule has 14 heteroatoms. The summed E-state index contributed by atoms with van der Waals surface area (Å²) >= 11 is 0. The van der Waals surface area contributed by atoms with E-state index < -0.39 is 46.2 Å². The van der Waals surface area contributed by atoms with Crippen LogP contribution in [0.5, 0.6) is 0 Å². The largest absolute Gasteiger partial charge is 0.243 e. The average molecular weight is 690 g/mol. The molecule has 0 atom stereocenters. The minimum absolute atomic E-state index is 0.0391. The van der Waals surface area contributed by atoms with Gasteiger partial charge in [0.1, 0.15) is 0 Å². The molecule has 0 fully saturated rings. The second-order valence-electron chi connectivity index (χ2n) is 13.4. The molecule has 0 unspecified atom stereocenters. The average Bonchev–Trinajstić information content (AvgIpc) is 2.89. The Labute approximate surface area is 263 Å². The van der Waals surface area contributed by atoms with Crippen LogP contribution in [0.15, 0.2) is 65.6 Å². The van der Waals surface area contributed by atoms with Crippen molar-refractivity contribution in [3.8, 4) is 0 Å². The van der Waals surface area contributed by atoms with E-state index in [0.717, 1.165) is 5.56 Å². The third-order valence-corrected chi connectivity index (χ3v) is 16.7. The molecule has 0 N–H and O–H groups in total. The SMILES string of the molecule is Cc1ccc(S(=O)(=O)N2C/C=C/CN(S(=O)(=O)CC[Si](C)(C)C)C/C=C/CN(S(=O)(=O)CC[Si](C)(C)C)C/C=C/C2)cc1. The smallest absolute Gasteiger partial charge is 0.212 e. The molecule has 0 spiro atoms. The van der Waals surface area contributed by atoms with Gasteiger partial charge in [0, 0.05) is 55.4 Å². The van der Waals surface area contributed by atoms with Crippen LogP contribution in [0.3, 0.4) is 0 Å². The minimum atomic E-state index is -3.86. The molecule has 244 valence electrons. The number of rotatable bonds is 10. The van der Waals surface area contributed by atoms with Crippen LogP contribution in [0.4, 0.5) is 0 Å². The summed E-state index contributed by atoms with van der Waals surface area (Å²) in [5.41, 5.74) is 0.940. The van der Waals surface area contributed by atoms with Crippen LogP contribution >= 0.6 is 0 Å². The Balaban J connectivity index is 2.44. The number of hydrogen-bond acceptors (Lipinski definition) is 6. The predicted octanol–water partition coefficient (Wildman–Crippen LogP) is 4.61. The van der Waals surface area contributed by atoms with Crippen molar-refractivity contribution in [3.05, 3.63) is 66.3 Å². The Morgan fingerprint density at radius 2 is 0.837 bits per heavy atom. The van der Waals surface area contributed by atoms with E-state index in [2.05, 4.69) is 39.3 Å². The highest BCUT2D eigenvalue weighted by Gasteiger charge is 2.27. The fourth-order valence-electron chi connectivity index (χ4n) is 4.01. The van der Waals surface area contributed by atoms with E-state index in [0.29, 0.717) is 12.1 Å². The van der Waals surface area contributed by atoms with Crippen molar-refractivity contribution in [3.63, 3.8) is 0 Å². The zero-order valence-electron chi connectivity index (χ0n) is 26.9. The van der Waals surface area contributed by atoms with Gasteiger partial charge in [-0.25, -0.2) is 25.3 Å². The standard InChI is InChI=1S/C29H51N3O6S3Si2/c1-28-14-16-29(17-15-28)41(37,38)32-22-12-10-20-30(39(33,34)24-26-42(2,3)4)18-8-9-19-31(21-11-13-23-32)40(35,36)25-27-43(5,6)7/h8-17H,18-27H2,1-7H3/b9-8+,12-10+,13-11+. The number of aryl methyl sites for hydroxylation is 1. The summed E-state index contributed by atoms with van der Waals surface area (Å²) in [7, 11) is -14.3. The summed E-state index contributed by atoms with van der Waals surface area (Å²) in [6.07, 6.45) is 10.1. The maximum atomic E-state index is 13.5. The zero-order valence-corrected chi connectivity index (χ0v) is 31.3. The van der Waals surface area contributed by atoms with Crippen LogP contribution in [0, 0.1) is 6.92 Å². The zero-order chi connectivity index (χ0) is 32.5. The van der Waals surface area contributed by atoms with Crippen molar-refractivity contribution < 1.29 is 25.3 Å². The molecule has 0 aromatic heterocycles. The van der Waals surface area contributed by atoms with Crippen molar-refractivity contribution in [1.29, 1.82) is 0 Å². The van der Waals surface area contributed by atoms with E-state index >= 15 is 0 Å². The Kier molecular flexibility index (Phi) is 13.8. The summed E-state index contributed by atoms with van der Waals surface area (Å²) in [4.78, 5) is 0.160. The van der Waals surface area contributed by atoms with Crippen molar-refractivity contribution in [1.82, 2.24) is 12.9 Å². The quantitative estimate of drug-likeness (QED) is 0.262. The van der Waals surface area contributed by atoms with Gasteiger partial charge in [-0.3, -0.25) is 0 Å². The first-order valence-electron chi connectivity index (χ1n) is 14.7. The number of hydrogen-bond donors (Lipinski definition) is 0. The molecule has 0 aliphatic carbocycles. The number of sulfonamides is 3. The van der Waals surface area contributed by atoms with Crippen LogP contribution in [0.1, 0.15) is 5.56 Å². The number of benzene rings is 1. The molecule has 0 bridgehead atoms. The van der Waals surface area contributed by atoms with Gasteiger partial charge in [0.25, 0.3) is 0 Å². The van der Waals surface area contributed by atoms with E-state index in [-0.39, 0.29) is 55.7 Å². The maximum absolute atomic E-state index is 13.5. The lowest BCUT2D eigenvalue weighted by Gasteiger charge is -2.23. The Hall–Kier alpha value is -1.40. The molecule has 0 amide bonds. The summed E-state index contributed by atoms with van der Waals surface area (Å²) in [6, 6.07) is 7.86. The molecular formula is C29H51N3O6S3Si2. The molecular weight excluding hydrogens is 639 g/mol. The molecule has 2 rings (SSSR count). The summed E-state index contributed by atoms with van der Waals surface area (Å²) in [5.74, 6) is 0.0822. The Bertz CT molecular complexity index is 1390. The fourth-order valence-corrected chi connectivity index (χ4v) is 14.1. The van der Waals surface area contributed by atoms with E-state index in [1.54, 1.807) is 60.7 Å². The molecule has 0 saturated carbocycles. The van der Waals surface area contributed by atoms with E-state index in [4.69, 9.17) is 0 Å². The second kappa shape index (κ2) is 15.7. The van der Waals surface area contributed by atoms with Crippen molar-refractivity contribution in [2.24, 2.45) is 0 Å².